The van der Waals surface area contributed by atoms with Gasteiger partial charge >= 0.3 is 0 Å². The van der Waals surface area contributed by atoms with E-state index in [1.807, 2.05) is 78.9 Å². The van der Waals surface area contributed by atoms with Gasteiger partial charge in [0.15, 0.2) is 0 Å². The fourth-order valence-corrected chi connectivity index (χ4v) is 3.13. The predicted octanol–water partition coefficient (Wildman–Crippen LogP) is 5.22. The number of nitrogens with zero attached hydrogens (tertiary/aromatic N) is 2. The fraction of sp³-hybridized carbons (Fsp3) is 0.0435. The lowest BCUT2D eigenvalue weighted by atomic mass is 10.2. The van der Waals surface area contributed by atoms with Crippen LogP contribution >= 0.6 is 11.6 Å². The van der Waals surface area contributed by atoms with Crippen molar-refractivity contribution in [3.63, 3.8) is 0 Å². The highest BCUT2D eigenvalue weighted by molar-refractivity contribution is 6.30. The summed E-state index contributed by atoms with van der Waals surface area (Å²) in [6.45, 7) is 0. The third kappa shape index (κ3) is 3.55. The summed E-state index contributed by atoms with van der Waals surface area (Å²) in [7, 11) is 1.60. The van der Waals surface area contributed by atoms with Crippen molar-refractivity contribution in [1.82, 2.24) is 9.55 Å². The lowest BCUT2D eigenvalue weighted by molar-refractivity contribution is 0.414. The third-order valence-corrected chi connectivity index (χ3v) is 4.66. The van der Waals surface area contributed by atoms with Crippen LogP contribution in [0.2, 0.25) is 5.02 Å². The first-order valence-electron chi connectivity index (χ1n) is 8.75. The molecule has 4 aromatic rings. The zero-order chi connectivity index (χ0) is 19.5. The number of aromatic nitrogens is 2. The predicted molar refractivity (Wildman–Crippen MR) is 114 cm³/mol. The van der Waals surface area contributed by atoms with Crippen LogP contribution in [0.1, 0.15) is 11.4 Å². The summed E-state index contributed by atoms with van der Waals surface area (Å²) in [5, 5.41) is 1.24. The number of benzene rings is 3. The van der Waals surface area contributed by atoms with Crippen LogP contribution in [0.25, 0.3) is 28.7 Å². The van der Waals surface area contributed by atoms with Crippen molar-refractivity contribution in [3.05, 3.63) is 99.6 Å². The van der Waals surface area contributed by atoms with E-state index >= 15 is 0 Å². The standard InChI is InChI=1S/C23H17ClN2O2/c1-28-19-6-4-5-18(15-19)26-22(14-11-16-9-12-17(24)13-10-16)25-21-8-3-2-7-20(21)23(26)27/h2-15H,1H3/b14-11+. The molecular weight excluding hydrogens is 372 g/mol. The van der Waals surface area contributed by atoms with Crippen molar-refractivity contribution in [3.8, 4) is 11.4 Å². The minimum atomic E-state index is -0.130. The van der Waals surface area contributed by atoms with E-state index in [1.165, 1.54) is 0 Å². The number of halogens is 1. The molecule has 0 amide bonds. The summed E-state index contributed by atoms with van der Waals surface area (Å²) in [6, 6.07) is 22.2. The summed E-state index contributed by atoms with van der Waals surface area (Å²) in [5.74, 6) is 1.21. The largest absolute Gasteiger partial charge is 0.497 e. The van der Waals surface area contributed by atoms with Gasteiger partial charge in [0.2, 0.25) is 0 Å². The number of hydrogen-bond acceptors (Lipinski definition) is 3. The summed E-state index contributed by atoms with van der Waals surface area (Å²) in [6.07, 6.45) is 3.74. The summed E-state index contributed by atoms with van der Waals surface area (Å²) < 4.78 is 6.91. The average molecular weight is 389 g/mol. The van der Waals surface area contributed by atoms with Gasteiger partial charge in [-0.3, -0.25) is 9.36 Å². The topological polar surface area (TPSA) is 44.1 Å². The van der Waals surface area contributed by atoms with Gasteiger partial charge < -0.3 is 4.74 Å². The Labute approximate surface area is 167 Å². The van der Waals surface area contributed by atoms with Gasteiger partial charge in [-0.05, 0) is 48.0 Å². The monoisotopic (exact) mass is 388 g/mol. The fourth-order valence-electron chi connectivity index (χ4n) is 3.01. The van der Waals surface area contributed by atoms with Crippen LogP contribution in [0.4, 0.5) is 0 Å². The van der Waals surface area contributed by atoms with E-state index in [9.17, 15) is 4.79 Å². The molecule has 4 nitrogen and oxygen atoms in total. The van der Waals surface area contributed by atoms with Crippen LogP contribution in [-0.2, 0) is 0 Å². The molecule has 0 spiro atoms. The molecule has 0 unspecified atom stereocenters. The van der Waals surface area contributed by atoms with E-state index in [-0.39, 0.29) is 5.56 Å². The van der Waals surface area contributed by atoms with Gasteiger partial charge in [-0.25, -0.2) is 4.98 Å². The molecule has 4 rings (SSSR count). The van der Waals surface area contributed by atoms with Crippen molar-refractivity contribution in [2.24, 2.45) is 0 Å². The Kier molecular flexibility index (Phi) is 4.96. The third-order valence-electron chi connectivity index (χ3n) is 4.41. The first-order chi connectivity index (χ1) is 13.7. The number of fused-ring (bicyclic) bond motifs is 1. The number of hydrogen-bond donors (Lipinski definition) is 0. The zero-order valence-electron chi connectivity index (χ0n) is 15.2. The van der Waals surface area contributed by atoms with E-state index in [1.54, 1.807) is 17.7 Å². The van der Waals surface area contributed by atoms with Crippen LogP contribution in [0.3, 0.4) is 0 Å². The van der Waals surface area contributed by atoms with Crippen molar-refractivity contribution >= 4 is 34.7 Å². The molecule has 0 N–H and O–H groups in total. The van der Waals surface area contributed by atoms with Crippen molar-refractivity contribution < 1.29 is 4.74 Å². The van der Waals surface area contributed by atoms with Crippen molar-refractivity contribution in [2.75, 3.05) is 7.11 Å². The first kappa shape index (κ1) is 18.0. The van der Waals surface area contributed by atoms with E-state index in [4.69, 9.17) is 21.3 Å². The second kappa shape index (κ2) is 7.71. The highest BCUT2D eigenvalue weighted by Gasteiger charge is 2.11. The van der Waals surface area contributed by atoms with E-state index in [0.717, 1.165) is 5.56 Å². The maximum atomic E-state index is 13.2. The van der Waals surface area contributed by atoms with E-state index in [2.05, 4.69) is 0 Å². The Morgan fingerprint density at radius 2 is 1.75 bits per heavy atom. The smallest absolute Gasteiger partial charge is 0.266 e. The van der Waals surface area contributed by atoms with Crippen molar-refractivity contribution in [2.45, 2.75) is 0 Å². The van der Waals surface area contributed by atoms with Gasteiger partial charge in [-0.2, -0.15) is 0 Å². The minimum absolute atomic E-state index is 0.130. The molecule has 138 valence electrons. The molecule has 0 fully saturated rings. The Hall–Kier alpha value is -3.37. The Balaban J connectivity index is 1.92. The molecule has 0 aliphatic carbocycles. The molecule has 0 radical (unpaired) electrons. The van der Waals surface area contributed by atoms with Crippen LogP contribution in [0, 0.1) is 0 Å². The second-order valence-electron chi connectivity index (χ2n) is 6.21. The molecule has 1 aromatic heterocycles. The molecule has 0 atom stereocenters. The highest BCUT2D eigenvalue weighted by atomic mass is 35.5. The molecule has 0 aliphatic rings. The average Bonchev–Trinajstić information content (AvgIpc) is 2.73. The van der Waals surface area contributed by atoms with Crippen LogP contribution in [0.15, 0.2) is 77.6 Å². The van der Waals surface area contributed by atoms with Gasteiger partial charge in [0, 0.05) is 11.1 Å². The molecule has 0 saturated carbocycles. The van der Waals surface area contributed by atoms with Gasteiger partial charge in [-0.15, -0.1) is 0 Å². The quantitative estimate of drug-likeness (QED) is 0.481. The SMILES string of the molecule is COc1cccc(-n2c(/C=C/c3ccc(Cl)cc3)nc3ccccc3c2=O)c1. The van der Waals surface area contributed by atoms with Gasteiger partial charge in [0.05, 0.1) is 23.7 Å². The van der Waals surface area contributed by atoms with Gasteiger partial charge in [-0.1, -0.05) is 48.0 Å². The lowest BCUT2D eigenvalue weighted by Crippen LogP contribution is -2.22. The molecule has 0 bridgehead atoms. The minimum Gasteiger partial charge on any atom is -0.497 e. The summed E-state index contributed by atoms with van der Waals surface area (Å²) >= 11 is 5.96. The van der Waals surface area contributed by atoms with E-state index < -0.39 is 0 Å². The van der Waals surface area contributed by atoms with Crippen LogP contribution in [0.5, 0.6) is 5.75 Å². The molecule has 1 heterocycles. The summed E-state index contributed by atoms with van der Waals surface area (Å²) in [4.78, 5) is 17.9. The van der Waals surface area contributed by atoms with Crippen LogP contribution in [-0.4, -0.2) is 16.7 Å². The Bertz CT molecular complexity index is 1230. The highest BCUT2D eigenvalue weighted by Crippen LogP contribution is 2.19. The molecule has 0 aliphatic heterocycles. The number of methoxy groups -OCH3 is 1. The number of para-hydroxylation sites is 1. The first-order valence-corrected chi connectivity index (χ1v) is 9.13. The molecule has 3 aromatic carbocycles. The maximum absolute atomic E-state index is 13.2. The van der Waals surface area contributed by atoms with Gasteiger partial charge in [0.25, 0.3) is 5.56 Å². The molecular formula is C23H17ClN2O2. The Morgan fingerprint density at radius 3 is 2.54 bits per heavy atom. The Morgan fingerprint density at radius 1 is 0.964 bits per heavy atom. The molecule has 0 saturated heterocycles. The second-order valence-corrected chi connectivity index (χ2v) is 6.65. The maximum Gasteiger partial charge on any atom is 0.266 e. The number of rotatable bonds is 4. The van der Waals surface area contributed by atoms with Gasteiger partial charge in [0.1, 0.15) is 11.6 Å². The normalized spacial score (nSPS) is 11.2. The van der Waals surface area contributed by atoms with E-state index in [0.29, 0.717) is 33.2 Å². The zero-order valence-corrected chi connectivity index (χ0v) is 15.9. The van der Waals surface area contributed by atoms with Crippen molar-refractivity contribution in [1.29, 1.82) is 0 Å². The molecule has 28 heavy (non-hydrogen) atoms. The number of ether oxygens (including phenoxy) is 1. The van der Waals surface area contributed by atoms with Crippen LogP contribution < -0.4 is 10.3 Å². The molecule has 5 heteroatoms. The lowest BCUT2D eigenvalue weighted by Gasteiger charge is -2.12. The summed E-state index contributed by atoms with van der Waals surface area (Å²) in [5.41, 5.74) is 2.18.